The average Bonchev–Trinajstić information content (AvgIpc) is 3.58. The number of anilines is 3. The van der Waals surface area contributed by atoms with E-state index in [4.69, 9.17) is 9.97 Å². The van der Waals surface area contributed by atoms with E-state index in [1.165, 1.54) is 27.6 Å². The van der Waals surface area contributed by atoms with Gasteiger partial charge in [0.15, 0.2) is 0 Å². The van der Waals surface area contributed by atoms with E-state index in [1.54, 1.807) is 0 Å². The molecule has 0 saturated carbocycles. The van der Waals surface area contributed by atoms with Crippen molar-refractivity contribution in [3.63, 3.8) is 0 Å². The van der Waals surface area contributed by atoms with Gasteiger partial charge < -0.3 is 4.98 Å². The van der Waals surface area contributed by atoms with Gasteiger partial charge in [-0.25, -0.2) is 5.56 Å². The Morgan fingerprint density at radius 2 is 1.10 bits per heavy atom. The summed E-state index contributed by atoms with van der Waals surface area (Å²) in [5, 5.41) is 2.34. The molecule has 8 rings (SSSR count). The van der Waals surface area contributed by atoms with Crippen LogP contribution in [0.3, 0.4) is 0 Å². The first-order valence-corrected chi connectivity index (χ1v) is 21.3. The van der Waals surface area contributed by atoms with Crippen molar-refractivity contribution in [2.75, 3.05) is 4.90 Å². The van der Waals surface area contributed by atoms with E-state index in [1.807, 2.05) is 0 Å². The molecule has 0 atom stereocenters. The molecule has 2 heterocycles. The molecular formula is C57H58AuN3. The van der Waals surface area contributed by atoms with Gasteiger partial charge in [-0.1, -0.05) is 168 Å². The van der Waals surface area contributed by atoms with Crippen LogP contribution in [0.15, 0.2) is 133 Å². The average molecular weight is 982 g/mol. The normalized spacial score (nSPS) is 12.5. The molecule has 3 nitrogen and oxygen atoms in total. The molecule has 0 spiro atoms. The van der Waals surface area contributed by atoms with Crippen molar-refractivity contribution in [3.05, 3.63) is 168 Å². The first-order chi connectivity index (χ1) is 28.2. The Morgan fingerprint density at radius 1 is 0.492 bits per heavy atom. The van der Waals surface area contributed by atoms with Crippen LogP contribution >= 0.6 is 0 Å². The number of pyridine rings is 1. The van der Waals surface area contributed by atoms with Gasteiger partial charge in [0.2, 0.25) is 0 Å². The standard InChI is InChI=1S/C57H58N3.Au/c1-54(2,3)42-25-21-37(22-26-42)39-31-40(38-23-27-43(28-24-38)55(4,5)6)33-41(32-39)49-19-16-20-52(58-49)60(46-17-14-13-15-18-46)51-36-45(57(10,11)12)35-48-47-34-44(56(7,8)9)29-30-50(47)59-53(48)51;/h13-23,25-32,34-36H,1-12H3;/q-3;+3. The molecule has 0 bridgehead atoms. The molecule has 4 heteroatoms. The maximum atomic E-state index is 5.51. The first kappa shape index (κ1) is 43.9. The van der Waals surface area contributed by atoms with Crippen LogP contribution in [0.4, 0.5) is 17.2 Å². The zero-order valence-electron chi connectivity index (χ0n) is 37.8. The summed E-state index contributed by atoms with van der Waals surface area (Å²) in [5.74, 6) is 0.810. The third kappa shape index (κ3) is 9.07. The molecule has 0 radical (unpaired) electrons. The fourth-order valence-electron chi connectivity index (χ4n) is 7.89. The summed E-state index contributed by atoms with van der Waals surface area (Å²) in [6.45, 7) is 27.2. The molecule has 0 fully saturated rings. The van der Waals surface area contributed by atoms with Crippen molar-refractivity contribution in [1.82, 2.24) is 9.97 Å². The van der Waals surface area contributed by atoms with Crippen molar-refractivity contribution >= 4 is 39.0 Å². The monoisotopic (exact) mass is 981 g/mol. The number of rotatable bonds is 6. The number of nitrogens with zero attached hydrogens (tertiary/aromatic N) is 3. The summed E-state index contributed by atoms with van der Waals surface area (Å²) in [7, 11) is 0. The zero-order valence-corrected chi connectivity index (χ0v) is 40.0. The Labute approximate surface area is 380 Å². The quantitative estimate of drug-likeness (QED) is 0.123. The Balaban J connectivity index is 0.00000561. The number of fused-ring (bicyclic) bond motifs is 3. The van der Waals surface area contributed by atoms with Gasteiger partial charge in [0.1, 0.15) is 5.82 Å². The second kappa shape index (κ2) is 16.3. The number of hydrogen-bond donors (Lipinski definition) is 0. The molecule has 0 unspecified atom stereocenters. The zero-order chi connectivity index (χ0) is 42.8. The third-order valence-corrected chi connectivity index (χ3v) is 11.8. The van der Waals surface area contributed by atoms with E-state index in [2.05, 4.69) is 234 Å². The van der Waals surface area contributed by atoms with Crippen LogP contribution < -0.4 is 9.88 Å². The van der Waals surface area contributed by atoms with E-state index in [-0.39, 0.29) is 44.0 Å². The van der Waals surface area contributed by atoms with Crippen LogP contribution in [0, 0.1) is 12.1 Å². The predicted octanol–water partition coefficient (Wildman–Crippen LogP) is 15.6. The van der Waals surface area contributed by atoms with Gasteiger partial charge in [0.25, 0.3) is 0 Å². The molecular weight excluding hydrogens is 924 g/mol. The summed E-state index contributed by atoms with van der Waals surface area (Å²) in [6, 6.07) is 55.7. The van der Waals surface area contributed by atoms with Crippen LogP contribution in [-0.2, 0) is 44.0 Å². The van der Waals surface area contributed by atoms with Gasteiger partial charge in [-0.05, 0) is 79.0 Å². The molecule has 0 aliphatic carbocycles. The number of hydrogen-bond acceptors (Lipinski definition) is 2. The van der Waals surface area contributed by atoms with Crippen LogP contribution in [0.5, 0.6) is 0 Å². The molecule has 8 aromatic rings. The second-order valence-corrected chi connectivity index (χ2v) is 20.6. The number of benzene rings is 6. The van der Waals surface area contributed by atoms with Crippen LogP contribution in [-0.4, -0.2) is 4.98 Å². The Kier molecular flexibility index (Phi) is 11.7. The minimum absolute atomic E-state index is 0. The van der Waals surface area contributed by atoms with Crippen LogP contribution in [0.1, 0.15) is 105 Å². The summed E-state index contributed by atoms with van der Waals surface area (Å²) in [6.07, 6.45) is 0. The smallest absolute Gasteiger partial charge is 0.655 e. The van der Waals surface area contributed by atoms with E-state index in [0.717, 1.165) is 67.1 Å². The fraction of sp³-hybridized carbons (Fsp3) is 0.281. The van der Waals surface area contributed by atoms with Gasteiger partial charge in [-0.15, -0.1) is 34.3 Å². The van der Waals surface area contributed by atoms with Crippen LogP contribution in [0.2, 0.25) is 0 Å². The maximum Gasteiger partial charge on any atom is 3.00 e. The predicted molar refractivity (Wildman–Crippen MR) is 256 cm³/mol. The van der Waals surface area contributed by atoms with Crippen molar-refractivity contribution < 1.29 is 22.4 Å². The second-order valence-electron chi connectivity index (χ2n) is 20.6. The molecule has 2 aromatic heterocycles. The van der Waals surface area contributed by atoms with Crippen molar-refractivity contribution in [1.29, 1.82) is 0 Å². The van der Waals surface area contributed by atoms with Crippen molar-refractivity contribution in [2.45, 2.75) is 105 Å². The Bertz CT molecular complexity index is 2740. The Morgan fingerprint density at radius 3 is 1.72 bits per heavy atom. The molecule has 0 aliphatic heterocycles. The molecule has 6 aromatic carbocycles. The minimum atomic E-state index is -0.106. The molecule has 0 aliphatic rings. The van der Waals surface area contributed by atoms with E-state index in [0.29, 0.717) is 0 Å². The van der Waals surface area contributed by atoms with Crippen molar-refractivity contribution in [2.24, 2.45) is 0 Å². The van der Waals surface area contributed by atoms with Gasteiger partial charge in [-0.3, -0.25) is 9.88 Å². The van der Waals surface area contributed by atoms with Crippen molar-refractivity contribution in [3.8, 4) is 33.5 Å². The SMILES string of the molecule is CC(C)(C)c1c[c-]c(-c2[c-]c(-c3cccc(N(c4ccccc4)c4cc(C(C)(C)C)cc5c4[n-]c4ccc(C(C)(C)C)cc45)n3)cc(-c3ccc(C(C)(C)C)cc3)c2)cc1.[Au+3]. The molecule has 0 saturated heterocycles. The maximum absolute atomic E-state index is 5.51. The van der Waals surface area contributed by atoms with Gasteiger partial charge in [-0.2, -0.15) is 35.9 Å². The largest absolute Gasteiger partial charge is 3.00 e. The van der Waals surface area contributed by atoms with E-state index < -0.39 is 0 Å². The minimum Gasteiger partial charge on any atom is -0.655 e. The summed E-state index contributed by atoms with van der Waals surface area (Å²) in [4.78, 5) is 13.2. The Hall–Kier alpha value is -5.19. The number of para-hydroxylation sites is 1. The van der Waals surface area contributed by atoms with Crippen LogP contribution in [0.25, 0.3) is 55.3 Å². The van der Waals surface area contributed by atoms with Gasteiger partial charge in [0.05, 0.1) is 0 Å². The molecule has 312 valence electrons. The molecule has 61 heavy (non-hydrogen) atoms. The molecule has 0 N–H and O–H groups in total. The van der Waals surface area contributed by atoms with E-state index >= 15 is 0 Å². The first-order valence-electron chi connectivity index (χ1n) is 21.3. The van der Waals surface area contributed by atoms with Gasteiger partial charge in [0, 0.05) is 17.1 Å². The van der Waals surface area contributed by atoms with Gasteiger partial charge >= 0.3 is 22.4 Å². The number of aromatic nitrogens is 2. The van der Waals surface area contributed by atoms with E-state index in [9.17, 15) is 0 Å². The fourth-order valence-corrected chi connectivity index (χ4v) is 7.89. The summed E-state index contributed by atoms with van der Waals surface area (Å²) in [5.41, 5.74) is 15.1. The summed E-state index contributed by atoms with van der Waals surface area (Å²) < 4.78 is 0. The molecule has 0 amide bonds. The topological polar surface area (TPSA) is 30.2 Å². The summed E-state index contributed by atoms with van der Waals surface area (Å²) >= 11 is 0. The third-order valence-electron chi connectivity index (χ3n) is 11.8.